The van der Waals surface area contributed by atoms with Crippen LogP contribution >= 0.6 is 12.6 Å². The first-order chi connectivity index (χ1) is 6.50. The summed E-state index contributed by atoms with van der Waals surface area (Å²) >= 11 is 4.13. The summed E-state index contributed by atoms with van der Waals surface area (Å²) in [5, 5.41) is 8.81. The topological polar surface area (TPSA) is 37.3 Å². The molecule has 1 atom stereocenters. The third-order valence-electron chi connectivity index (χ3n) is 2.48. The third-order valence-corrected chi connectivity index (χ3v) is 2.89. The Kier molecular flexibility index (Phi) is 7.06. The maximum Gasteiger partial charge on any atom is 0.319 e. The van der Waals surface area contributed by atoms with Gasteiger partial charge >= 0.3 is 5.97 Å². The van der Waals surface area contributed by atoms with Crippen LogP contribution < -0.4 is 0 Å². The average molecular weight is 218 g/mol. The normalized spacial score (nSPS) is 15.1. The Balaban J connectivity index is 3.40. The minimum absolute atomic E-state index is 0.664. The van der Waals surface area contributed by atoms with Gasteiger partial charge in [-0.1, -0.05) is 45.4 Å². The zero-order valence-electron chi connectivity index (χ0n) is 9.25. The Bertz CT molecular complexity index is 167. The van der Waals surface area contributed by atoms with E-state index >= 15 is 0 Å². The fourth-order valence-corrected chi connectivity index (χ4v) is 1.51. The minimum atomic E-state index is -0.843. The fourth-order valence-electron chi connectivity index (χ4n) is 1.36. The van der Waals surface area contributed by atoms with E-state index in [4.69, 9.17) is 5.11 Å². The number of hydrogen-bond donors (Lipinski definition) is 2. The van der Waals surface area contributed by atoms with Crippen molar-refractivity contribution in [3.63, 3.8) is 0 Å². The summed E-state index contributed by atoms with van der Waals surface area (Å²) in [6.45, 7) is 3.86. The summed E-state index contributed by atoms with van der Waals surface area (Å²) in [6, 6.07) is 0. The van der Waals surface area contributed by atoms with Crippen LogP contribution in [0.2, 0.25) is 0 Å². The highest BCUT2D eigenvalue weighted by molar-refractivity contribution is 7.82. The summed E-state index contributed by atoms with van der Waals surface area (Å²) in [5.41, 5.74) is 0. The van der Waals surface area contributed by atoms with E-state index in [-0.39, 0.29) is 0 Å². The monoisotopic (exact) mass is 218 g/mol. The van der Waals surface area contributed by atoms with Gasteiger partial charge in [-0.3, -0.25) is 4.79 Å². The molecule has 3 heteroatoms. The van der Waals surface area contributed by atoms with Crippen molar-refractivity contribution in [2.75, 3.05) is 0 Å². The largest absolute Gasteiger partial charge is 0.480 e. The first-order valence-electron chi connectivity index (χ1n) is 5.46. The van der Waals surface area contributed by atoms with Gasteiger partial charge in [0, 0.05) is 0 Å². The van der Waals surface area contributed by atoms with Crippen molar-refractivity contribution in [2.45, 2.75) is 63.5 Å². The van der Waals surface area contributed by atoms with Gasteiger partial charge in [-0.2, -0.15) is 12.6 Å². The van der Waals surface area contributed by atoms with E-state index in [2.05, 4.69) is 19.6 Å². The molecule has 0 aromatic heterocycles. The summed E-state index contributed by atoms with van der Waals surface area (Å²) in [6.07, 6.45) is 7.79. The highest BCUT2D eigenvalue weighted by Crippen LogP contribution is 2.22. The number of unbranched alkanes of at least 4 members (excludes halogenated alkanes) is 5. The van der Waals surface area contributed by atoms with Gasteiger partial charge in [0.05, 0.1) is 0 Å². The standard InChI is InChI=1S/C11H22O2S/c1-3-4-5-6-7-8-9-11(2,14)10(12)13/h14H,3-9H2,1-2H3,(H,12,13). The molecule has 14 heavy (non-hydrogen) atoms. The highest BCUT2D eigenvalue weighted by Gasteiger charge is 2.27. The van der Waals surface area contributed by atoms with Gasteiger partial charge in [-0.05, 0) is 13.3 Å². The summed E-state index contributed by atoms with van der Waals surface area (Å²) in [5.74, 6) is -0.811. The summed E-state index contributed by atoms with van der Waals surface area (Å²) < 4.78 is -0.843. The van der Waals surface area contributed by atoms with Crippen LogP contribution in [0.1, 0.15) is 58.8 Å². The maximum absolute atomic E-state index is 10.7. The second-order valence-corrected chi connectivity index (χ2v) is 5.08. The molecule has 0 amide bonds. The molecule has 0 aliphatic rings. The number of hydrogen-bond acceptors (Lipinski definition) is 2. The lowest BCUT2D eigenvalue weighted by Gasteiger charge is -2.17. The molecule has 1 N–H and O–H groups in total. The van der Waals surface area contributed by atoms with E-state index in [1.54, 1.807) is 6.92 Å². The lowest BCUT2D eigenvalue weighted by atomic mass is 10.0. The Hall–Kier alpha value is -0.180. The van der Waals surface area contributed by atoms with Crippen molar-refractivity contribution >= 4 is 18.6 Å². The molecule has 0 aromatic carbocycles. The van der Waals surface area contributed by atoms with Crippen LogP contribution in [0, 0.1) is 0 Å². The quantitative estimate of drug-likeness (QED) is 0.483. The SMILES string of the molecule is CCCCCCCCC(C)(S)C(=O)O. The highest BCUT2D eigenvalue weighted by atomic mass is 32.1. The van der Waals surface area contributed by atoms with Gasteiger partial charge in [0.2, 0.25) is 0 Å². The maximum atomic E-state index is 10.7. The first kappa shape index (κ1) is 13.8. The van der Waals surface area contributed by atoms with Gasteiger partial charge in [-0.25, -0.2) is 0 Å². The molecule has 84 valence electrons. The second kappa shape index (κ2) is 7.16. The van der Waals surface area contributed by atoms with Gasteiger partial charge in [0.1, 0.15) is 4.75 Å². The van der Waals surface area contributed by atoms with Crippen LogP contribution in [-0.2, 0) is 4.79 Å². The molecule has 0 bridgehead atoms. The molecule has 0 heterocycles. The van der Waals surface area contributed by atoms with E-state index < -0.39 is 10.7 Å². The van der Waals surface area contributed by atoms with E-state index in [0.29, 0.717) is 6.42 Å². The van der Waals surface area contributed by atoms with Gasteiger partial charge < -0.3 is 5.11 Å². The molecular formula is C11H22O2S. The molecule has 0 aromatic rings. The average Bonchev–Trinajstić information content (AvgIpc) is 2.10. The minimum Gasteiger partial charge on any atom is -0.480 e. The van der Waals surface area contributed by atoms with Crippen LogP contribution in [0.15, 0.2) is 0 Å². The Labute approximate surface area is 92.5 Å². The van der Waals surface area contributed by atoms with Crippen LogP contribution in [0.4, 0.5) is 0 Å². The van der Waals surface area contributed by atoms with Crippen molar-refractivity contribution in [2.24, 2.45) is 0 Å². The van der Waals surface area contributed by atoms with Crippen molar-refractivity contribution in [1.82, 2.24) is 0 Å². The number of thiol groups is 1. The fraction of sp³-hybridized carbons (Fsp3) is 0.909. The number of aliphatic carboxylic acids is 1. The molecule has 0 aliphatic carbocycles. The molecule has 0 saturated heterocycles. The predicted molar refractivity (Wildman–Crippen MR) is 63.0 cm³/mol. The van der Waals surface area contributed by atoms with Gasteiger partial charge in [-0.15, -0.1) is 0 Å². The van der Waals surface area contributed by atoms with Crippen molar-refractivity contribution < 1.29 is 9.90 Å². The molecule has 0 rings (SSSR count). The molecule has 0 radical (unpaired) electrons. The molecule has 0 fully saturated rings. The first-order valence-corrected chi connectivity index (χ1v) is 5.91. The zero-order chi connectivity index (χ0) is 11.0. The van der Waals surface area contributed by atoms with E-state index in [0.717, 1.165) is 12.8 Å². The predicted octanol–water partition coefficient (Wildman–Crippen LogP) is 3.51. The number of rotatable bonds is 8. The molecule has 1 unspecified atom stereocenters. The van der Waals surface area contributed by atoms with Crippen molar-refractivity contribution in [3.8, 4) is 0 Å². The second-order valence-electron chi connectivity index (χ2n) is 4.10. The number of carboxylic acids is 1. The van der Waals surface area contributed by atoms with Crippen LogP contribution in [-0.4, -0.2) is 15.8 Å². The van der Waals surface area contributed by atoms with E-state index in [1.165, 1.54) is 25.7 Å². The molecule has 2 nitrogen and oxygen atoms in total. The lowest BCUT2D eigenvalue weighted by Crippen LogP contribution is -2.28. The third kappa shape index (κ3) is 6.30. The van der Waals surface area contributed by atoms with Gasteiger partial charge in [0.15, 0.2) is 0 Å². The molecule has 0 saturated carbocycles. The van der Waals surface area contributed by atoms with E-state index in [1.807, 2.05) is 0 Å². The Morgan fingerprint density at radius 1 is 1.21 bits per heavy atom. The molecule has 0 spiro atoms. The lowest BCUT2D eigenvalue weighted by molar-refractivity contribution is -0.139. The van der Waals surface area contributed by atoms with Crippen molar-refractivity contribution in [1.29, 1.82) is 0 Å². The van der Waals surface area contributed by atoms with Crippen LogP contribution in [0.25, 0.3) is 0 Å². The Morgan fingerprint density at radius 3 is 2.21 bits per heavy atom. The summed E-state index contributed by atoms with van der Waals surface area (Å²) in [7, 11) is 0. The number of carbonyl (C=O) groups is 1. The smallest absolute Gasteiger partial charge is 0.319 e. The molecular weight excluding hydrogens is 196 g/mol. The number of carboxylic acid groups (broad SMARTS) is 1. The Morgan fingerprint density at radius 2 is 1.71 bits per heavy atom. The molecule has 0 aliphatic heterocycles. The zero-order valence-corrected chi connectivity index (χ0v) is 10.1. The summed E-state index contributed by atoms with van der Waals surface area (Å²) in [4.78, 5) is 10.7. The van der Waals surface area contributed by atoms with Crippen LogP contribution in [0.3, 0.4) is 0 Å². The van der Waals surface area contributed by atoms with Crippen LogP contribution in [0.5, 0.6) is 0 Å². The van der Waals surface area contributed by atoms with Crippen molar-refractivity contribution in [3.05, 3.63) is 0 Å². The van der Waals surface area contributed by atoms with E-state index in [9.17, 15) is 4.79 Å². The van der Waals surface area contributed by atoms with Gasteiger partial charge in [0.25, 0.3) is 0 Å².